The number of nitrogens with zero attached hydrogens (tertiary/aromatic N) is 5. The van der Waals surface area contributed by atoms with Gasteiger partial charge in [-0.3, -0.25) is 4.79 Å². The van der Waals surface area contributed by atoms with Crippen molar-refractivity contribution in [2.24, 2.45) is 0 Å². The van der Waals surface area contributed by atoms with Crippen molar-refractivity contribution in [2.75, 3.05) is 6.54 Å². The number of rotatable bonds is 4. The third-order valence-corrected chi connectivity index (χ3v) is 7.59. The number of aromatic amines is 1. The molecule has 1 atom stereocenters. The molecule has 1 amide bonds. The highest BCUT2D eigenvalue weighted by atomic mass is 35.5. The Hall–Kier alpha value is -3.19. The van der Waals surface area contributed by atoms with E-state index >= 15 is 0 Å². The first-order valence-corrected chi connectivity index (χ1v) is 12.5. The van der Waals surface area contributed by atoms with E-state index in [0.717, 1.165) is 41.9 Å². The second kappa shape index (κ2) is 8.87. The predicted octanol–water partition coefficient (Wildman–Crippen LogP) is 5.03. The maximum absolute atomic E-state index is 13.7. The summed E-state index contributed by atoms with van der Waals surface area (Å²) in [4.78, 5) is 19.2. The van der Waals surface area contributed by atoms with Crippen LogP contribution in [0.2, 0.25) is 5.02 Å². The van der Waals surface area contributed by atoms with Gasteiger partial charge in [-0.2, -0.15) is 0 Å². The zero-order chi connectivity index (χ0) is 23.1. The summed E-state index contributed by atoms with van der Waals surface area (Å²) in [6, 6.07) is 15.9. The number of benzene rings is 2. The first-order valence-electron chi connectivity index (χ1n) is 12.1. The first-order chi connectivity index (χ1) is 16.7. The lowest BCUT2D eigenvalue weighted by Crippen LogP contribution is -2.38. The monoisotopic (exact) mass is 474 g/mol. The molecular weight excluding hydrogens is 448 g/mol. The molecule has 174 valence electrons. The van der Waals surface area contributed by atoms with Gasteiger partial charge in [0.2, 0.25) is 5.91 Å². The molecule has 1 saturated carbocycles. The van der Waals surface area contributed by atoms with Crippen molar-refractivity contribution in [3.63, 3.8) is 0 Å². The van der Waals surface area contributed by atoms with Crippen LogP contribution in [0.1, 0.15) is 66.8 Å². The summed E-state index contributed by atoms with van der Waals surface area (Å²) >= 11 is 6.21. The van der Waals surface area contributed by atoms with Crippen molar-refractivity contribution in [1.82, 2.24) is 30.1 Å². The van der Waals surface area contributed by atoms with E-state index in [9.17, 15) is 4.79 Å². The number of carbonyl (C=O) groups excluding carboxylic acids is 1. The largest absolute Gasteiger partial charge is 0.358 e. The number of aromatic nitrogens is 5. The molecule has 1 aliphatic heterocycles. The highest BCUT2D eigenvalue weighted by molar-refractivity contribution is 6.30. The maximum Gasteiger partial charge on any atom is 0.229 e. The topological polar surface area (TPSA) is 79.7 Å². The summed E-state index contributed by atoms with van der Waals surface area (Å²) in [5.74, 6) is 0.807. The Morgan fingerprint density at radius 1 is 1.03 bits per heavy atom. The Kier molecular flexibility index (Phi) is 5.57. The molecule has 4 aromatic rings. The molecule has 7 nitrogen and oxygen atoms in total. The second-order valence-electron chi connectivity index (χ2n) is 9.37. The van der Waals surface area contributed by atoms with Crippen LogP contribution in [0.4, 0.5) is 0 Å². The minimum atomic E-state index is -0.364. The fraction of sp³-hybridized carbons (Fsp3) is 0.385. The van der Waals surface area contributed by atoms with Gasteiger partial charge in [0.15, 0.2) is 5.82 Å². The van der Waals surface area contributed by atoms with Crippen LogP contribution in [0.25, 0.3) is 10.9 Å². The fourth-order valence-corrected chi connectivity index (χ4v) is 5.78. The number of para-hydroxylation sites is 1. The summed E-state index contributed by atoms with van der Waals surface area (Å²) in [7, 11) is 0. The molecule has 1 unspecified atom stereocenters. The minimum Gasteiger partial charge on any atom is -0.358 e. The smallest absolute Gasteiger partial charge is 0.229 e. The molecule has 34 heavy (non-hydrogen) atoms. The number of H-pyrrole nitrogens is 1. The molecule has 0 bridgehead atoms. The third-order valence-electron chi connectivity index (χ3n) is 7.33. The lowest BCUT2D eigenvalue weighted by atomic mass is 9.95. The van der Waals surface area contributed by atoms with Crippen LogP contribution in [0.3, 0.4) is 0 Å². The number of carbonyl (C=O) groups is 1. The van der Waals surface area contributed by atoms with E-state index in [1.165, 1.54) is 30.2 Å². The molecule has 0 saturated heterocycles. The average Bonchev–Trinajstić information content (AvgIpc) is 3.44. The molecule has 2 aliphatic rings. The SMILES string of the molecule is O=C1Cc2[nH]c3ccccc3c2CCN1C(c1ccc(Cl)cc1)c1nnnn1C1CCCCC1. The van der Waals surface area contributed by atoms with E-state index in [2.05, 4.69) is 38.7 Å². The summed E-state index contributed by atoms with van der Waals surface area (Å²) < 4.78 is 1.98. The van der Waals surface area contributed by atoms with Gasteiger partial charge in [0.05, 0.1) is 12.5 Å². The first kappa shape index (κ1) is 21.4. The standard InChI is InChI=1S/C26H27ClN6O/c27-18-12-10-17(11-13-18)25(26-29-30-31-33(26)19-6-2-1-3-7-19)32-15-14-21-20-8-4-5-9-22(20)28-23(21)16-24(32)34/h4-5,8-13,19,25,28H,1-3,6-7,14-16H2. The summed E-state index contributed by atoms with van der Waals surface area (Å²) in [5.41, 5.74) is 4.30. The van der Waals surface area contributed by atoms with Crippen molar-refractivity contribution in [1.29, 1.82) is 0 Å². The van der Waals surface area contributed by atoms with Gasteiger partial charge in [0, 0.05) is 28.2 Å². The summed E-state index contributed by atoms with van der Waals surface area (Å²) in [5, 5.41) is 14.8. The van der Waals surface area contributed by atoms with Crippen molar-refractivity contribution >= 4 is 28.4 Å². The number of tetrazole rings is 1. The minimum absolute atomic E-state index is 0.0726. The zero-order valence-corrected chi connectivity index (χ0v) is 19.7. The Morgan fingerprint density at radius 3 is 2.65 bits per heavy atom. The molecule has 0 spiro atoms. The molecule has 6 rings (SSSR count). The van der Waals surface area contributed by atoms with Crippen LogP contribution in [0, 0.1) is 0 Å². The molecule has 3 heterocycles. The number of fused-ring (bicyclic) bond motifs is 3. The average molecular weight is 475 g/mol. The zero-order valence-electron chi connectivity index (χ0n) is 19.0. The number of hydrogen-bond donors (Lipinski definition) is 1. The fourth-order valence-electron chi connectivity index (χ4n) is 5.65. The van der Waals surface area contributed by atoms with E-state index in [-0.39, 0.29) is 18.0 Å². The van der Waals surface area contributed by atoms with Gasteiger partial charge in [-0.15, -0.1) is 5.10 Å². The van der Waals surface area contributed by atoms with Crippen LogP contribution in [0.5, 0.6) is 0 Å². The van der Waals surface area contributed by atoms with Gasteiger partial charge in [-0.1, -0.05) is 61.2 Å². The van der Waals surface area contributed by atoms with Crippen LogP contribution >= 0.6 is 11.6 Å². The van der Waals surface area contributed by atoms with Gasteiger partial charge in [0.25, 0.3) is 0 Å². The molecule has 0 radical (unpaired) electrons. The van der Waals surface area contributed by atoms with E-state index in [4.69, 9.17) is 11.6 Å². The highest BCUT2D eigenvalue weighted by Gasteiger charge is 2.35. The lowest BCUT2D eigenvalue weighted by molar-refractivity contribution is -0.132. The van der Waals surface area contributed by atoms with Crippen LogP contribution < -0.4 is 0 Å². The molecular formula is C26H27ClN6O. The van der Waals surface area contributed by atoms with E-state index in [0.29, 0.717) is 18.0 Å². The van der Waals surface area contributed by atoms with Crippen molar-refractivity contribution in [3.8, 4) is 0 Å². The van der Waals surface area contributed by atoms with E-state index in [1.807, 2.05) is 39.9 Å². The third kappa shape index (κ3) is 3.78. The number of nitrogens with one attached hydrogen (secondary N) is 1. The number of amides is 1. The molecule has 8 heteroatoms. The quantitative estimate of drug-likeness (QED) is 0.450. The summed E-state index contributed by atoms with van der Waals surface area (Å²) in [6.07, 6.45) is 6.86. The van der Waals surface area contributed by atoms with Gasteiger partial charge in [-0.05, 0) is 59.0 Å². The van der Waals surface area contributed by atoms with Crippen LogP contribution in [-0.2, 0) is 17.6 Å². The Bertz CT molecular complexity index is 1320. The lowest BCUT2D eigenvalue weighted by Gasteiger charge is -2.32. The Morgan fingerprint density at radius 2 is 1.82 bits per heavy atom. The van der Waals surface area contributed by atoms with Crippen molar-refractivity contribution in [3.05, 3.63) is 76.2 Å². The summed E-state index contributed by atoms with van der Waals surface area (Å²) in [6.45, 7) is 0.596. The van der Waals surface area contributed by atoms with E-state index in [1.54, 1.807) is 0 Å². The van der Waals surface area contributed by atoms with Gasteiger partial charge < -0.3 is 9.88 Å². The van der Waals surface area contributed by atoms with Crippen molar-refractivity contribution in [2.45, 2.75) is 57.0 Å². The van der Waals surface area contributed by atoms with Gasteiger partial charge in [-0.25, -0.2) is 4.68 Å². The molecule has 2 aromatic heterocycles. The van der Waals surface area contributed by atoms with Crippen molar-refractivity contribution < 1.29 is 4.79 Å². The Balaban J connectivity index is 1.41. The number of halogens is 1. The molecule has 1 N–H and O–H groups in total. The molecule has 2 aromatic carbocycles. The highest BCUT2D eigenvalue weighted by Crippen LogP contribution is 2.36. The predicted molar refractivity (Wildman–Crippen MR) is 131 cm³/mol. The van der Waals surface area contributed by atoms with Crippen LogP contribution in [0.15, 0.2) is 48.5 Å². The molecule has 1 aliphatic carbocycles. The normalized spacial score (nSPS) is 18.1. The Labute approximate surface area is 203 Å². The number of hydrogen-bond acceptors (Lipinski definition) is 4. The molecule has 1 fully saturated rings. The maximum atomic E-state index is 13.7. The van der Waals surface area contributed by atoms with Gasteiger partial charge >= 0.3 is 0 Å². The van der Waals surface area contributed by atoms with E-state index < -0.39 is 0 Å². The second-order valence-corrected chi connectivity index (χ2v) is 9.81. The van der Waals surface area contributed by atoms with Crippen LogP contribution in [-0.4, -0.2) is 42.5 Å². The van der Waals surface area contributed by atoms with Gasteiger partial charge in [0.1, 0.15) is 6.04 Å².